The molecule has 1 aromatic carbocycles. The largest absolute Gasteiger partial charge is 0.444 e. The van der Waals surface area contributed by atoms with E-state index in [9.17, 15) is 9.59 Å². The Labute approximate surface area is 194 Å². The van der Waals surface area contributed by atoms with Gasteiger partial charge in [0.15, 0.2) is 6.29 Å². The van der Waals surface area contributed by atoms with E-state index in [4.69, 9.17) is 25.8 Å². The highest BCUT2D eigenvalue weighted by atomic mass is 35.5. The first-order valence-corrected chi connectivity index (χ1v) is 11.6. The molecule has 3 aliphatic heterocycles. The highest BCUT2D eigenvalue weighted by Crippen LogP contribution is 2.36. The zero-order valence-electron chi connectivity index (χ0n) is 19.0. The van der Waals surface area contributed by atoms with Crippen LogP contribution in [0.1, 0.15) is 45.2 Å². The quantitative estimate of drug-likeness (QED) is 0.674. The van der Waals surface area contributed by atoms with Crippen LogP contribution in [0.4, 0.5) is 9.59 Å². The SMILES string of the molecule is CC(C)(C)OC(=O)N1CCC(N2C(=O)N(CC3OCCO3)CC2c2cccc(Cl)c2)CC1. The van der Waals surface area contributed by atoms with Gasteiger partial charge in [0.25, 0.3) is 0 Å². The van der Waals surface area contributed by atoms with Crippen molar-refractivity contribution in [1.82, 2.24) is 14.7 Å². The molecule has 0 aliphatic carbocycles. The van der Waals surface area contributed by atoms with Gasteiger partial charge in [-0.05, 0) is 51.3 Å². The summed E-state index contributed by atoms with van der Waals surface area (Å²) in [5.41, 5.74) is 0.484. The first-order chi connectivity index (χ1) is 15.2. The second-order valence-electron chi connectivity index (χ2n) is 9.54. The van der Waals surface area contributed by atoms with Crippen LogP contribution in [0.2, 0.25) is 5.02 Å². The molecule has 1 atom stereocenters. The van der Waals surface area contributed by atoms with Gasteiger partial charge in [-0.3, -0.25) is 0 Å². The lowest BCUT2D eigenvalue weighted by Gasteiger charge is -2.39. The molecule has 0 spiro atoms. The molecular formula is C23H32ClN3O5. The van der Waals surface area contributed by atoms with Crippen LogP contribution in [0.25, 0.3) is 0 Å². The first-order valence-electron chi connectivity index (χ1n) is 11.2. The molecule has 0 bridgehead atoms. The molecule has 4 rings (SSSR count). The van der Waals surface area contributed by atoms with Gasteiger partial charge in [-0.1, -0.05) is 23.7 Å². The van der Waals surface area contributed by atoms with E-state index in [1.165, 1.54) is 0 Å². The lowest BCUT2D eigenvalue weighted by atomic mass is 9.99. The Kier molecular flexibility index (Phi) is 6.83. The summed E-state index contributed by atoms with van der Waals surface area (Å²) in [6, 6.07) is 7.58. The number of likely N-dealkylation sites (tertiary alicyclic amines) is 1. The number of hydrogen-bond donors (Lipinski definition) is 0. The van der Waals surface area contributed by atoms with Crippen molar-refractivity contribution in [3.63, 3.8) is 0 Å². The fourth-order valence-electron chi connectivity index (χ4n) is 4.56. The number of piperidine rings is 1. The van der Waals surface area contributed by atoms with Crippen molar-refractivity contribution in [3.8, 4) is 0 Å². The van der Waals surface area contributed by atoms with Crippen LogP contribution >= 0.6 is 11.6 Å². The lowest BCUT2D eigenvalue weighted by Crippen LogP contribution is -2.49. The average Bonchev–Trinajstić information content (AvgIpc) is 3.35. The number of ether oxygens (including phenoxy) is 3. The van der Waals surface area contributed by atoms with Crippen LogP contribution in [0.15, 0.2) is 24.3 Å². The molecule has 3 amide bonds. The Balaban J connectivity index is 1.48. The van der Waals surface area contributed by atoms with Gasteiger partial charge in [0, 0.05) is 30.7 Å². The number of halogens is 1. The Hall–Kier alpha value is -2.03. The van der Waals surface area contributed by atoms with Crippen LogP contribution in [0, 0.1) is 0 Å². The van der Waals surface area contributed by atoms with Crippen molar-refractivity contribution in [2.45, 2.75) is 57.6 Å². The van der Waals surface area contributed by atoms with E-state index in [0.29, 0.717) is 57.3 Å². The molecule has 9 heteroatoms. The highest BCUT2D eigenvalue weighted by Gasteiger charge is 2.44. The fraction of sp³-hybridized carbons (Fsp3) is 0.652. The minimum atomic E-state index is -0.526. The second kappa shape index (κ2) is 9.45. The van der Waals surface area contributed by atoms with E-state index >= 15 is 0 Å². The van der Waals surface area contributed by atoms with Crippen LogP contribution < -0.4 is 0 Å². The molecule has 0 N–H and O–H groups in total. The molecule has 0 saturated carbocycles. The predicted octanol–water partition coefficient (Wildman–Crippen LogP) is 3.89. The maximum atomic E-state index is 13.5. The van der Waals surface area contributed by atoms with Crippen molar-refractivity contribution in [2.24, 2.45) is 0 Å². The highest BCUT2D eigenvalue weighted by molar-refractivity contribution is 6.30. The molecule has 0 radical (unpaired) electrons. The maximum absolute atomic E-state index is 13.5. The number of rotatable bonds is 4. The summed E-state index contributed by atoms with van der Waals surface area (Å²) in [6.07, 6.45) is 0.721. The molecule has 1 aromatic rings. The summed E-state index contributed by atoms with van der Waals surface area (Å²) >= 11 is 6.26. The van der Waals surface area contributed by atoms with Crippen LogP contribution in [0.5, 0.6) is 0 Å². The van der Waals surface area contributed by atoms with Crippen molar-refractivity contribution in [1.29, 1.82) is 0 Å². The molecule has 176 valence electrons. The normalized spacial score (nSPS) is 23.3. The summed E-state index contributed by atoms with van der Waals surface area (Å²) in [4.78, 5) is 31.4. The zero-order valence-corrected chi connectivity index (χ0v) is 19.7. The summed E-state index contributed by atoms with van der Waals surface area (Å²) in [6.45, 7) is 8.76. The summed E-state index contributed by atoms with van der Waals surface area (Å²) in [5.74, 6) is 0. The van der Waals surface area contributed by atoms with Gasteiger partial charge in [-0.25, -0.2) is 9.59 Å². The van der Waals surface area contributed by atoms with E-state index in [2.05, 4.69) is 0 Å². The second-order valence-corrected chi connectivity index (χ2v) is 9.97. The Morgan fingerprint density at radius 1 is 1.19 bits per heavy atom. The smallest absolute Gasteiger partial charge is 0.410 e. The van der Waals surface area contributed by atoms with Gasteiger partial charge in [0.05, 0.1) is 25.8 Å². The first kappa shape index (κ1) is 23.1. The molecule has 32 heavy (non-hydrogen) atoms. The summed E-state index contributed by atoms with van der Waals surface area (Å²) < 4.78 is 16.7. The average molecular weight is 466 g/mol. The number of amides is 3. The third-order valence-electron chi connectivity index (χ3n) is 6.02. The van der Waals surface area contributed by atoms with E-state index in [0.717, 1.165) is 5.56 Å². The number of carbonyl (C=O) groups excluding carboxylic acids is 2. The fourth-order valence-corrected chi connectivity index (χ4v) is 4.76. The van der Waals surface area contributed by atoms with Crippen molar-refractivity contribution < 1.29 is 23.8 Å². The van der Waals surface area contributed by atoms with Gasteiger partial charge >= 0.3 is 12.1 Å². The molecule has 1 unspecified atom stereocenters. The van der Waals surface area contributed by atoms with E-state index in [1.807, 2.05) is 54.8 Å². The minimum absolute atomic E-state index is 0.0233. The molecule has 3 heterocycles. The summed E-state index contributed by atoms with van der Waals surface area (Å²) in [5, 5.41) is 0.649. The van der Waals surface area contributed by atoms with Gasteiger partial charge in [-0.2, -0.15) is 0 Å². The van der Waals surface area contributed by atoms with Crippen molar-refractivity contribution in [2.75, 3.05) is 39.4 Å². The van der Waals surface area contributed by atoms with Gasteiger partial charge < -0.3 is 28.9 Å². The van der Waals surface area contributed by atoms with Gasteiger partial charge in [0.1, 0.15) is 5.60 Å². The van der Waals surface area contributed by atoms with E-state index in [-0.39, 0.29) is 30.5 Å². The topological polar surface area (TPSA) is 71.6 Å². The molecule has 0 aromatic heterocycles. The van der Waals surface area contributed by atoms with E-state index in [1.54, 1.807) is 4.90 Å². The zero-order chi connectivity index (χ0) is 22.9. The number of carbonyl (C=O) groups is 2. The molecular weight excluding hydrogens is 434 g/mol. The monoisotopic (exact) mass is 465 g/mol. The van der Waals surface area contributed by atoms with Gasteiger partial charge in [0.2, 0.25) is 0 Å². The van der Waals surface area contributed by atoms with Crippen molar-refractivity contribution >= 4 is 23.7 Å². The Morgan fingerprint density at radius 3 is 2.50 bits per heavy atom. The number of urea groups is 1. The molecule has 3 fully saturated rings. The molecule has 3 aliphatic rings. The van der Waals surface area contributed by atoms with Crippen molar-refractivity contribution in [3.05, 3.63) is 34.9 Å². The minimum Gasteiger partial charge on any atom is -0.444 e. The number of hydrogen-bond acceptors (Lipinski definition) is 5. The standard InChI is InChI=1S/C23H32ClN3O5/c1-23(2,3)32-22(29)25-9-7-18(8-10-25)27-19(16-5-4-6-17(24)13-16)14-26(21(27)28)15-20-30-11-12-31-20/h4-6,13,18-20H,7-12,14-15H2,1-3H3. The summed E-state index contributed by atoms with van der Waals surface area (Å²) in [7, 11) is 0. The molecule has 3 saturated heterocycles. The predicted molar refractivity (Wildman–Crippen MR) is 120 cm³/mol. The third kappa shape index (κ3) is 5.30. The Morgan fingerprint density at radius 2 is 1.88 bits per heavy atom. The number of benzene rings is 1. The van der Waals surface area contributed by atoms with Crippen LogP contribution in [-0.2, 0) is 14.2 Å². The van der Waals surface area contributed by atoms with Gasteiger partial charge in [-0.15, -0.1) is 0 Å². The molecule has 8 nitrogen and oxygen atoms in total. The maximum Gasteiger partial charge on any atom is 0.410 e. The van der Waals surface area contributed by atoms with Crippen LogP contribution in [-0.4, -0.2) is 84.1 Å². The Bertz CT molecular complexity index is 831. The number of nitrogens with zero attached hydrogens (tertiary/aromatic N) is 3. The third-order valence-corrected chi connectivity index (χ3v) is 6.26. The lowest BCUT2D eigenvalue weighted by molar-refractivity contribution is -0.0537. The van der Waals surface area contributed by atoms with Crippen LogP contribution in [0.3, 0.4) is 0 Å². The van der Waals surface area contributed by atoms with E-state index < -0.39 is 5.60 Å².